The molecule has 0 amide bonds. The highest BCUT2D eigenvalue weighted by Gasteiger charge is 2.14. The maximum atomic E-state index is 11.3. The Hall–Kier alpha value is -1.75. The summed E-state index contributed by atoms with van der Waals surface area (Å²) in [4.78, 5) is 11.3. The van der Waals surface area contributed by atoms with Crippen molar-refractivity contribution in [3.05, 3.63) is 22.9 Å². The van der Waals surface area contributed by atoms with Crippen LogP contribution in [0.3, 0.4) is 0 Å². The normalized spacial score (nSPS) is 10.7. The van der Waals surface area contributed by atoms with E-state index in [0.29, 0.717) is 35.1 Å². The summed E-state index contributed by atoms with van der Waals surface area (Å²) in [5.74, 6) is 0.902. The zero-order valence-corrected chi connectivity index (χ0v) is 11.5. The second kappa shape index (κ2) is 5.93. The minimum atomic E-state index is -0.258. The highest BCUT2D eigenvalue weighted by molar-refractivity contribution is 6.32. The van der Waals surface area contributed by atoms with Crippen molar-refractivity contribution < 1.29 is 18.8 Å². The smallest absolute Gasteiger partial charge is 0.306 e. The van der Waals surface area contributed by atoms with E-state index in [-0.39, 0.29) is 12.4 Å². The van der Waals surface area contributed by atoms with Crippen LogP contribution >= 0.6 is 11.6 Å². The number of aromatic nitrogens is 1. The maximum absolute atomic E-state index is 11.3. The molecule has 0 aliphatic heterocycles. The van der Waals surface area contributed by atoms with Gasteiger partial charge in [0.05, 0.1) is 25.2 Å². The number of carbonyl (C=O) groups is 1. The maximum Gasteiger partial charge on any atom is 0.306 e. The first kappa shape index (κ1) is 13.7. The fourth-order valence-corrected chi connectivity index (χ4v) is 2.02. The van der Waals surface area contributed by atoms with Crippen LogP contribution < -0.4 is 4.74 Å². The van der Waals surface area contributed by atoms with E-state index in [1.807, 2.05) is 0 Å². The zero-order valence-electron chi connectivity index (χ0n) is 10.7. The Bertz CT molecular complexity index is 594. The van der Waals surface area contributed by atoms with Crippen molar-refractivity contribution in [1.29, 1.82) is 0 Å². The van der Waals surface area contributed by atoms with E-state index in [1.54, 1.807) is 19.1 Å². The lowest BCUT2D eigenvalue weighted by molar-refractivity contribution is -0.143. The molecule has 1 aromatic carbocycles. The molecule has 6 heteroatoms. The van der Waals surface area contributed by atoms with Gasteiger partial charge in [0, 0.05) is 17.9 Å². The van der Waals surface area contributed by atoms with Crippen LogP contribution in [-0.2, 0) is 16.0 Å². The van der Waals surface area contributed by atoms with E-state index in [1.165, 1.54) is 7.11 Å². The third-order valence-electron chi connectivity index (χ3n) is 2.69. The predicted molar refractivity (Wildman–Crippen MR) is 70.5 cm³/mol. The molecule has 102 valence electrons. The van der Waals surface area contributed by atoms with Crippen LogP contribution in [0.2, 0.25) is 5.02 Å². The lowest BCUT2D eigenvalue weighted by Gasteiger charge is -2.02. The van der Waals surface area contributed by atoms with Gasteiger partial charge in [-0.15, -0.1) is 0 Å². The van der Waals surface area contributed by atoms with E-state index in [2.05, 4.69) is 5.16 Å². The molecule has 19 heavy (non-hydrogen) atoms. The number of benzene rings is 1. The Labute approximate surface area is 115 Å². The van der Waals surface area contributed by atoms with E-state index in [0.717, 1.165) is 5.39 Å². The molecule has 1 aromatic heterocycles. The van der Waals surface area contributed by atoms with Gasteiger partial charge in [-0.1, -0.05) is 16.8 Å². The molecule has 0 unspecified atom stereocenters. The molecule has 0 radical (unpaired) electrons. The van der Waals surface area contributed by atoms with Gasteiger partial charge in [-0.2, -0.15) is 0 Å². The van der Waals surface area contributed by atoms with Gasteiger partial charge in [-0.3, -0.25) is 4.79 Å². The van der Waals surface area contributed by atoms with Gasteiger partial charge in [0.1, 0.15) is 17.0 Å². The molecule has 0 spiro atoms. The fraction of sp³-hybridized carbons (Fsp3) is 0.385. The van der Waals surface area contributed by atoms with E-state index < -0.39 is 0 Å². The number of carbonyl (C=O) groups excluding carboxylic acids is 1. The molecule has 0 aliphatic rings. The summed E-state index contributed by atoms with van der Waals surface area (Å²) < 4.78 is 15.2. The third-order valence-corrected chi connectivity index (χ3v) is 2.98. The van der Waals surface area contributed by atoms with Crippen LogP contribution in [0.1, 0.15) is 19.1 Å². The number of fused-ring (bicyclic) bond motifs is 1. The standard InChI is InChI=1S/C13H14ClNO4/c1-3-18-13(16)5-4-11-8-6-9(14)12(17-2)7-10(8)15-19-11/h6-7H,3-5H2,1-2H3. The number of nitrogens with zero attached hydrogens (tertiary/aromatic N) is 1. The van der Waals surface area contributed by atoms with Crippen LogP contribution in [0.25, 0.3) is 10.9 Å². The molecule has 0 saturated carbocycles. The molecule has 1 heterocycles. The van der Waals surface area contributed by atoms with Gasteiger partial charge in [0.25, 0.3) is 0 Å². The molecule has 2 rings (SSSR count). The summed E-state index contributed by atoms with van der Waals surface area (Å²) >= 11 is 6.06. The van der Waals surface area contributed by atoms with Crippen molar-refractivity contribution in [3.63, 3.8) is 0 Å². The van der Waals surface area contributed by atoms with Gasteiger partial charge in [0.15, 0.2) is 0 Å². The van der Waals surface area contributed by atoms with Gasteiger partial charge in [0.2, 0.25) is 0 Å². The van der Waals surface area contributed by atoms with Crippen LogP contribution in [0.5, 0.6) is 5.75 Å². The lowest BCUT2D eigenvalue weighted by Crippen LogP contribution is -2.04. The Kier molecular flexibility index (Phi) is 4.27. The van der Waals surface area contributed by atoms with Crippen molar-refractivity contribution in [2.24, 2.45) is 0 Å². The van der Waals surface area contributed by atoms with Crippen molar-refractivity contribution in [3.8, 4) is 5.75 Å². The van der Waals surface area contributed by atoms with Crippen molar-refractivity contribution in [2.75, 3.05) is 13.7 Å². The Morgan fingerprint density at radius 2 is 2.26 bits per heavy atom. The first-order valence-corrected chi connectivity index (χ1v) is 6.31. The quantitative estimate of drug-likeness (QED) is 0.790. The van der Waals surface area contributed by atoms with Gasteiger partial charge in [-0.05, 0) is 13.0 Å². The molecule has 0 saturated heterocycles. The SMILES string of the molecule is CCOC(=O)CCc1onc2cc(OC)c(Cl)cc12. The number of aryl methyl sites for hydroxylation is 1. The second-order valence-corrected chi connectivity index (χ2v) is 4.32. The summed E-state index contributed by atoms with van der Waals surface area (Å²) in [7, 11) is 1.54. The summed E-state index contributed by atoms with van der Waals surface area (Å²) in [6.45, 7) is 2.15. The van der Waals surface area contributed by atoms with Crippen molar-refractivity contribution in [2.45, 2.75) is 19.8 Å². The van der Waals surface area contributed by atoms with Crippen molar-refractivity contribution >= 4 is 28.5 Å². The molecule has 0 N–H and O–H groups in total. The topological polar surface area (TPSA) is 61.6 Å². The minimum Gasteiger partial charge on any atom is -0.495 e. The van der Waals surface area contributed by atoms with Crippen LogP contribution in [0, 0.1) is 0 Å². The first-order chi connectivity index (χ1) is 9.15. The highest BCUT2D eigenvalue weighted by atomic mass is 35.5. The largest absolute Gasteiger partial charge is 0.495 e. The molecular formula is C13H14ClNO4. The summed E-state index contributed by atoms with van der Waals surface area (Å²) in [6.07, 6.45) is 0.680. The molecule has 0 atom stereocenters. The van der Waals surface area contributed by atoms with Crippen LogP contribution in [0.15, 0.2) is 16.7 Å². The van der Waals surface area contributed by atoms with Crippen molar-refractivity contribution in [1.82, 2.24) is 5.16 Å². The summed E-state index contributed by atoms with van der Waals surface area (Å²) in [6, 6.07) is 3.43. The highest BCUT2D eigenvalue weighted by Crippen LogP contribution is 2.31. The lowest BCUT2D eigenvalue weighted by atomic mass is 10.1. The number of rotatable bonds is 5. The number of hydrogen-bond donors (Lipinski definition) is 0. The first-order valence-electron chi connectivity index (χ1n) is 5.93. The van der Waals surface area contributed by atoms with Crippen LogP contribution in [-0.4, -0.2) is 24.8 Å². The molecule has 0 bridgehead atoms. The Balaban J connectivity index is 2.20. The molecule has 2 aromatic rings. The predicted octanol–water partition coefficient (Wildman–Crippen LogP) is 2.99. The summed E-state index contributed by atoms with van der Waals surface area (Å²) in [5, 5.41) is 5.20. The Morgan fingerprint density at radius 1 is 1.47 bits per heavy atom. The summed E-state index contributed by atoms with van der Waals surface area (Å²) in [5.41, 5.74) is 0.653. The third kappa shape index (κ3) is 2.98. The van der Waals surface area contributed by atoms with Gasteiger partial charge >= 0.3 is 5.97 Å². The van der Waals surface area contributed by atoms with Crippen LogP contribution in [0.4, 0.5) is 0 Å². The average molecular weight is 284 g/mol. The molecular weight excluding hydrogens is 270 g/mol. The van der Waals surface area contributed by atoms with E-state index in [4.69, 9.17) is 25.6 Å². The Morgan fingerprint density at radius 3 is 2.95 bits per heavy atom. The fourth-order valence-electron chi connectivity index (χ4n) is 1.78. The zero-order chi connectivity index (χ0) is 13.8. The number of halogens is 1. The van der Waals surface area contributed by atoms with Gasteiger partial charge in [-0.25, -0.2) is 0 Å². The van der Waals surface area contributed by atoms with E-state index >= 15 is 0 Å². The number of ether oxygens (including phenoxy) is 2. The molecule has 5 nitrogen and oxygen atoms in total. The van der Waals surface area contributed by atoms with Gasteiger partial charge < -0.3 is 14.0 Å². The number of methoxy groups -OCH3 is 1. The monoisotopic (exact) mass is 283 g/mol. The molecule has 0 fully saturated rings. The number of esters is 1. The average Bonchev–Trinajstić information content (AvgIpc) is 2.78. The second-order valence-electron chi connectivity index (χ2n) is 3.91. The minimum absolute atomic E-state index is 0.252. The molecule has 0 aliphatic carbocycles. The number of hydrogen-bond acceptors (Lipinski definition) is 5. The van der Waals surface area contributed by atoms with E-state index in [9.17, 15) is 4.79 Å².